The van der Waals surface area contributed by atoms with Crippen molar-refractivity contribution >= 4 is 17.9 Å². The second-order valence-electron chi connectivity index (χ2n) is 5.00. The van der Waals surface area contributed by atoms with Crippen LogP contribution in [-0.4, -0.2) is 26.0 Å². The van der Waals surface area contributed by atoms with Crippen LogP contribution in [-0.2, 0) is 0 Å². The van der Waals surface area contributed by atoms with Gasteiger partial charge in [-0.3, -0.25) is 4.79 Å². The summed E-state index contributed by atoms with van der Waals surface area (Å²) < 4.78 is 1.54. The molecule has 3 aromatic rings. The van der Waals surface area contributed by atoms with Gasteiger partial charge in [-0.1, -0.05) is 17.7 Å². The second-order valence-corrected chi connectivity index (χ2v) is 5.34. The number of carbonyl (C=O) groups excluding carboxylic acids is 1. The first-order chi connectivity index (χ1) is 10.6. The Bertz CT molecular complexity index is 857. The Labute approximate surface area is 132 Å². The molecule has 110 valence electrons. The minimum Gasteiger partial charge on any atom is -0.298 e. The normalized spacial score (nSPS) is 10.7. The molecule has 0 fully saturated rings. The highest BCUT2D eigenvalue weighted by atomic mass is 35.5. The predicted octanol–water partition coefficient (Wildman–Crippen LogP) is 3.41. The van der Waals surface area contributed by atoms with E-state index in [9.17, 15) is 4.79 Å². The van der Waals surface area contributed by atoms with E-state index >= 15 is 0 Å². The fraction of sp³-hybridized carbons (Fsp3) is 0.125. The van der Waals surface area contributed by atoms with Crippen LogP contribution in [0.3, 0.4) is 0 Å². The van der Waals surface area contributed by atoms with E-state index in [4.69, 9.17) is 11.6 Å². The molecule has 1 aromatic carbocycles. The maximum atomic E-state index is 11.4. The number of nitrogens with zero attached hydrogens (tertiary/aromatic N) is 4. The van der Waals surface area contributed by atoms with Crippen LogP contribution in [0.4, 0.5) is 0 Å². The fourth-order valence-corrected chi connectivity index (χ4v) is 2.39. The van der Waals surface area contributed by atoms with Crippen LogP contribution in [0, 0.1) is 13.8 Å². The molecular weight excluding hydrogens is 300 g/mol. The molecule has 0 aliphatic carbocycles. The van der Waals surface area contributed by atoms with E-state index in [-0.39, 0.29) is 5.28 Å². The lowest BCUT2D eigenvalue weighted by Crippen LogP contribution is -1.99. The van der Waals surface area contributed by atoms with Crippen molar-refractivity contribution in [3.63, 3.8) is 0 Å². The molecule has 0 amide bonds. The number of halogens is 1. The summed E-state index contributed by atoms with van der Waals surface area (Å²) in [6.07, 6.45) is 3.98. The van der Waals surface area contributed by atoms with Crippen molar-refractivity contribution in [3.8, 4) is 17.1 Å². The second kappa shape index (κ2) is 5.69. The van der Waals surface area contributed by atoms with Crippen molar-refractivity contribution in [2.75, 3.05) is 0 Å². The molecule has 6 heteroatoms. The van der Waals surface area contributed by atoms with Gasteiger partial charge >= 0.3 is 0 Å². The zero-order valence-corrected chi connectivity index (χ0v) is 12.9. The molecule has 0 atom stereocenters. The zero-order chi connectivity index (χ0) is 15.7. The molecule has 0 unspecified atom stereocenters. The van der Waals surface area contributed by atoms with E-state index in [0.29, 0.717) is 17.1 Å². The number of hydrogen-bond donors (Lipinski definition) is 0. The van der Waals surface area contributed by atoms with Gasteiger partial charge in [0.1, 0.15) is 5.69 Å². The molecule has 2 aromatic heterocycles. The maximum Gasteiger partial charge on any atom is 0.224 e. The number of aldehydes is 1. The first-order valence-corrected chi connectivity index (χ1v) is 7.07. The molecule has 0 N–H and O–H groups in total. The Kier molecular flexibility index (Phi) is 3.73. The lowest BCUT2D eigenvalue weighted by molar-refractivity contribution is 0.112. The standard InChI is InChI=1S/C16H13ClN4O/c1-10-3-4-11(2)13(7-10)15-12(9-22)8-21(20-15)14-5-6-18-16(17)19-14/h3-9H,1-2H3. The third kappa shape index (κ3) is 2.63. The average molecular weight is 313 g/mol. The van der Waals surface area contributed by atoms with E-state index < -0.39 is 0 Å². The highest BCUT2D eigenvalue weighted by Gasteiger charge is 2.14. The van der Waals surface area contributed by atoms with Gasteiger partial charge in [0.2, 0.25) is 5.28 Å². The van der Waals surface area contributed by atoms with E-state index in [1.807, 2.05) is 32.0 Å². The molecule has 3 rings (SSSR count). The summed E-state index contributed by atoms with van der Waals surface area (Å²) in [4.78, 5) is 19.3. The molecule has 0 bridgehead atoms. The molecule has 0 radical (unpaired) electrons. The lowest BCUT2D eigenvalue weighted by atomic mass is 10.0. The van der Waals surface area contributed by atoms with Gasteiger partial charge in [-0.15, -0.1) is 0 Å². The quantitative estimate of drug-likeness (QED) is 0.549. The van der Waals surface area contributed by atoms with Crippen molar-refractivity contribution in [2.24, 2.45) is 0 Å². The Hall–Kier alpha value is -2.53. The Morgan fingerprint density at radius 3 is 2.77 bits per heavy atom. The lowest BCUT2D eigenvalue weighted by Gasteiger charge is -2.05. The number of rotatable bonds is 3. The summed E-state index contributed by atoms with van der Waals surface area (Å²) in [5.41, 5.74) is 4.23. The molecule has 0 saturated heterocycles. The number of hydrogen-bond acceptors (Lipinski definition) is 4. The first kappa shape index (κ1) is 14.4. The predicted molar refractivity (Wildman–Crippen MR) is 84.5 cm³/mol. The van der Waals surface area contributed by atoms with Crippen LogP contribution in [0.15, 0.2) is 36.7 Å². The smallest absolute Gasteiger partial charge is 0.224 e. The first-order valence-electron chi connectivity index (χ1n) is 6.70. The molecule has 0 spiro atoms. The maximum absolute atomic E-state index is 11.4. The Morgan fingerprint density at radius 2 is 2.05 bits per heavy atom. The number of aryl methyl sites for hydroxylation is 2. The summed E-state index contributed by atoms with van der Waals surface area (Å²) >= 11 is 5.81. The summed E-state index contributed by atoms with van der Waals surface area (Å²) in [5, 5.41) is 4.63. The van der Waals surface area contributed by atoms with Crippen molar-refractivity contribution < 1.29 is 4.79 Å². The number of aromatic nitrogens is 4. The Morgan fingerprint density at radius 1 is 1.23 bits per heavy atom. The SMILES string of the molecule is Cc1ccc(C)c(-c2nn(-c3ccnc(Cl)n3)cc2C=O)c1. The van der Waals surface area contributed by atoms with Gasteiger partial charge in [0.25, 0.3) is 0 Å². The third-order valence-corrected chi connectivity index (χ3v) is 3.55. The molecule has 2 heterocycles. The van der Waals surface area contributed by atoms with Crippen molar-refractivity contribution in [1.82, 2.24) is 19.7 Å². The summed E-state index contributed by atoms with van der Waals surface area (Å²) in [5.74, 6) is 0.514. The largest absolute Gasteiger partial charge is 0.298 e. The van der Waals surface area contributed by atoms with Crippen LogP contribution >= 0.6 is 11.6 Å². The summed E-state index contributed by atoms with van der Waals surface area (Å²) in [7, 11) is 0. The average Bonchev–Trinajstić information content (AvgIpc) is 2.94. The highest BCUT2D eigenvalue weighted by molar-refractivity contribution is 6.28. The number of carbonyl (C=O) groups is 1. The van der Waals surface area contributed by atoms with Gasteiger partial charge in [0.15, 0.2) is 12.1 Å². The zero-order valence-electron chi connectivity index (χ0n) is 12.1. The van der Waals surface area contributed by atoms with E-state index in [2.05, 4.69) is 15.1 Å². The molecule has 0 aliphatic heterocycles. The van der Waals surface area contributed by atoms with Gasteiger partial charge in [0.05, 0.1) is 5.56 Å². The van der Waals surface area contributed by atoms with Gasteiger partial charge in [-0.25, -0.2) is 9.67 Å². The van der Waals surface area contributed by atoms with Crippen molar-refractivity contribution in [1.29, 1.82) is 0 Å². The molecule has 0 saturated carbocycles. The molecule has 0 aliphatic rings. The summed E-state index contributed by atoms with van der Waals surface area (Å²) in [6, 6.07) is 7.74. The molecule has 22 heavy (non-hydrogen) atoms. The highest BCUT2D eigenvalue weighted by Crippen LogP contribution is 2.26. The van der Waals surface area contributed by atoms with E-state index in [1.54, 1.807) is 18.5 Å². The molecular formula is C16H13ClN4O. The van der Waals surface area contributed by atoms with Gasteiger partial charge in [-0.05, 0) is 37.1 Å². The van der Waals surface area contributed by atoms with Crippen LogP contribution in [0.5, 0.6) is 0 Å². The third-order valence-electron chi connectivity index (χ3n) is 3.36. The topological polar surface area (TPSA) is 60.7 Å². The van der Waals surface area contributed by atoms with Gasteiger partial charge < -0.3 is 0 Å². The van der Waals surface area contributed by atoms with Gasteiger partial charge in [0, 0.05) is 24.0 Å². The fourth-order valence-electron chi connectivity index (χ4n) is 2.24. The van der Waals surface area contributed by atoms with Crippen LogP contribution < -0.4 is 0 Å². The Balaban J connectivity index is 2.17. The number of benzene rings is 1. The van der Waals surface area contributed by atoms with E-state index in [1.165, 1.54) is 4.68 Å². The van der Waals surface area contributed by atoms with Crippen molar-refractivity contribution in [2.45, 2.75) is 13.8 Å². The minimum absolute atomic E-state index is 0.133. The minimum atomic E-state index is 0.133. The van der Waals surface area contributed by atoms with Crippen molar-refractivity contribution in [3.05, 3.63) is 58.6 Å². The van der Waals surface area contributed by atoms with Crippen LogP contribution in [0.1, 0.15) is 21.5 Å². The van der Waals surface area contributed by atoms with E-state index in [0.717, 1.165) is 23.0 Å². The summed E-state index contributed by atoms with van der Waals surface area (Å²) in [6.45, 7) is 3.99. The van der Waals surface area contributed by atoms with Crippen LogP contribution in [0.2, 0.25) is 5.28 Å². The van der Waals surface area contributed by atoms with Crippen LogP contribution in [0.25, 0.3) is 17.1 Å². The van der Waals surface area contributed by atoms with Gasteiger partial charge in [-0.2, -0.15) is 10.1 Å². The molecule has 5 nitrogen and oxygen atoms in total. The monoisotopic (exact) mass is 312 g/mol.